The van der Waals surface area contributed by atoms with Crippen molar-refractivity contribution in [2.75, 3.05) is 6.54 Å². The van der Waals surface area contributed by atoms with Crippen molar-refractivity contribution in [1.82, 2.24) is 5.32 Å². The molecule has 0 aromatic carbocycles. The van der Waals surface area contributed by atoms with Crippen molar-refractivity contribution < 1.29 is 5.11 Å². The van der Waals surface area contributed by atoms with Crippen molar-refractivity contribution in [3.8, 4) is 0 Å². The zero-order valence-electron chi connectivity index (χ0n) is 9.34. The summed E-state index contributed by atoms with van der Waals surface area (Å²) in [7, 11) is 0. The smallest absolute Gasteiger partial charge is 0.0524 e. The van der Waals surface area contributed by atoms with Crippen molar-refractivity contribution in [3.05, 3.63) is 0 Å². The summed E-state index contributed by atoms with van der Waals surface area (Å²) in [5, 5.41) is 12.5. The van der Waals surface area contributed by atoms with Crippen LogP contribution in [-0.2, 0) is 0 Å². The predicted molar refractivity (Wildman–Crippen MR) is 57.9 cm³/mol. The molecule has 2 atom stereocenters. The maximum absolute atomic E-state index is 9.04. The molecule has 0 aliphatic rings. The van der Waals surface area contributed by atoms with Crippen LogP contribution in [0.3, 0.4) is 0 Å². The van der Waals surface area contributed by atoms with Crippen molar-refractivity contribution in [3.63, 3.8) is 0 Å². The molecular weight excluding hydrogens is 162 g/mol. The van der Waals surface area contributed by atoms with Gasteiger partial charge < -0.3 is 10.4 Å². The van der Waals surface area contributed by atoms with E-state index in [0.717, 1.165) is 13.0 Å². The Bertz CT molecular complexity index is 104. The van der Waals surface area contributed by atoms with Gasteiger partial charge in [-0.05, 0) is 33.2 Å². The Kier molecular flexibility index (Phi) is 8.46. The SMILES string of the molecule is CCCCC[C@@H](C)NCC[C@H](C)O. The first kappa shape index (κ1) is 12.9. The first-order chi connectivity index (χ1) is 6.16. The van der Waals surface area contributed by atoms with Gasteiger partial charge in [-0.1, -0.05) is 26.2 Å². The molecule has 0 aromatic rings. The van der Waals surface area contributed by atoms with Crippen molar-refractivity contribution in [2.24, 2.45) is 0 Å². The third-order valence-electron chi connectivity index (χ3n) is 2.30. The van der Waals surface area contributed by atoms with E-state index in [9.17, 15) is 0 Å². The molecule has 0 radical (unpaired) electrons. The molecular formula is C11H25NO. The Balaban J connectivity index is 3.15. The van der Waals surface area contributed by atoms with Crippen LogP contribution < -0.4 is 5.32 Å². The van der Waals surface area contributed by atoms with E-state index >= 15 is 0 Å². The number of hydrogen-bond donors (Lipinski definition) is 2. The van der Waals surface area contributed by atoms with Gasteiger partial charge in [0.25, 0.3) is 0 Å². The van der Waals surface area contributed by atoms with Gasteiger partial charge in [-0.25, -0.2) is 0 Å². The van der Waals surface area contributed by atoms with Gasteiger partial charge >= 0.3 is 0 Å². The van der Waals surface area contributed by atoms with E-state index in [2.05, 4.69) is 19.2 Å². The van der Waals surface area contributed by atoms with E-state index in [1.165, 1.54) is 25.7 Å². The third kappa shape index (κ3) is 9.84. The summed E-state index contributed by atoms with van der Waals surface area (Å²) >= 11 is 0. The average Bonchev–Trinajstić information content (AvgIpc) is 2.04. The van der Waals surface area contributed by atoms with Crippen molar-refractivity contribution >= 4 is 0 Å². The number of nitrogens with one attached hydrogen (secondary N) is 1. The molecule has 2 N–H and O–H groups in total. The maximum Gasteiger partial charge on any atom is 0.0524 e. The summed E-state index contributed by atoms with van der Waals surface area (Å²) in [6.07, 6.45) is 5.89. The van der Waals surface area contributed by atoms with Gasteiger partial charge in [0.2, 0.25) is 0 Å². The number of rotatable bonds is 8. The van der Waals surface area contributed by atoms with Gasteiger partial charge in [0.15, 0.2) is 0 Å². The molecule has 2 heteroatoms. The molecule has 0 aromatic heterocycles. The van der Waals surface area contributed by atoms with E-state index in [-0.39, 0.29) is 6.10 Å². The molecule has 13 heavy (non-hydrogen) atoms. The molecule has 0 spiro atoms. The Morgan fingerprint density at radius 1 is 1.15 bits per heavy atom. The molecule has 0 saturated carbocycles. The van der Waals surface area contributed by atoms with E-state index in [1.807, 2.05) is 6.92 Å². The highest BCUT2D eigenvalue weighted by molar-refractivity contribution is 4.61. The van der Waals surface area contributed by atoms with Gasteiger partial charge in [-0.3, -0.25) is 0 Å². The second-order valence-electron chi connectivity index (χ2n) is 3.99. The fraction of sp³-hybridized carbons (Fsp3) is 1.00. The monoisotopic (exact) mass is 187 g/mol. The summed E-state index contributed by atoms with van der Waals surface area (Å²) in [4.78, 5) is 0. The van der Waals surface area contributed by atoms with Crippen LogP contribution in [0.4, 0.5) is 0 Å². The van der Waals surface area contributed by atoms with Gasteiger partial charge in [0.1, 0.15) is 0 Å². The lowest BCUT2D eigenvalue weighted by molar-refractivity contribution is 0.182. The molecule has 0 heterocycles. The molecule has 0 unspecified atom stereocenters. The highest BCUT2D eigenvalue weighted by Gasteiger charge is 2.01. The lowest BCUT2D eigenvalue weighted by Crippen LogP contribution is -2.28. The van der Waals surface area contributed by atoms with Crippen LogP contribution >= 0.6 is 0 Å². The van der Waals surface area contributed by atoms with Crippen molar-refractivity contribution in [2.45, 2.75) is 65.0 Å². The highest BCUT2D eigenvalue weighted by atomic mass is 16.3. The number of hydrogen-bond acceptors (Lipinski definition) is 2. The van der Waals surface area contributed by atoms with Crippen LogP contribution in [0.5, 0.6) is 0 Å². The van der Waals surface area contributed by atoms with Crippen LogP contribution in [0.15, 0.2) is 0 Å². The first-order valence-electron chi connectivity index (χ1n) is 5.58. The minimum absolute atomic E-state index is 0.171. The lowest BCUT2D eigenvalue weighted by atomic mass is 10.1. The fourth-order valence-corrected chi connectivity index (χ4v) is 1.34. The van der Waals surface area contributed by atoms with Crippen LogP contribution in [0, 0.1) is 0 Å². The zero-order chi connectivity index (χ0) is 10.1. The quantitative estimate of drug-likeness (QED) is 0.572. The summed E-state index contributed by atoms with van der Waals surface area (Å²) < 4.78 is 0. The molecule has 80 valence electrons. The maximum atomic E-state index is 9.04. The second-order valence-corrected chi connectivity index (χ2v) is 3.99. The fourth-order valence-electron chi connectivity index (χ4n) is 1.34. The summed E-state index contributed by atoms with van der Waals surface area (Å²) in [5.74, 6) is 0. The van der Waals surface area contributed by atoms with E-state index in [0.29, 0.717) is 6.04 Å². The summed E-state index contributed by atoms with van der Waals surface area (Å²) in [5.41, 5.74) is 0. The molecule has 0 aliphatic carbocycles. The minimum Gasteiger partial charge on any atom is -0.393 e. The van der Waals surface area contributed by atoms with Gasteiger partial charge in [-0.2, -0.15) is 0 Å². The average molecular weight is 187 g/mol. The highest BCUT2D eigenvalue weighted by Crippen LogP contribution is 2.02. The number of aliphatic hydroxyl groups excluding tert-OH is 1. The zero-order valence-corrected chi connectivity index (χ0v) is 9.34. The van der Waals surface area contributed by atoms with E-state index in [1.54, 1.807) is 0 Å². The molecule has 0 aliphatic heterocycles. The van der Waals surface area contributed by atoms with E-state index in [4.69, 9.17) is 5.11 Å². The van der Waals surface area contributed by atoms with Crippen LogP contribution in [-0.4, -0.2) is 23.8 Å². The molecule has 0 rings (SSSR count). The molecule has 2 nitrogen and oxygen atoms in total. The molecule has 0 fully saturated rings. The summed E-state index contributed by atoms with van der Waals surface area (Å²) in [6, 6.07) is 0.602. The van der Waals surface area contributed by atoms with Gasteiger partial charge in [0, 0.05) is 6.04 Å². The normalized spacial score (nSPS) is 15.7. The van der Waals surface area contributed by atoms with Crippen LogP contribution in [0.1, 0.15) is 52.9 Å². The van der Waals surface area contributed by atoms with Crippen molar-refractivity contribution in [1.29, 1.82) is 0 Å². The number of unbranched alkanes of at least 4 members (excludes halogenated alkanes) is 2. The standard InChI is InChI=1S/C11H25NO/c1-4-5-6-7-10(2)12-9-8-11(3)13/h10-13H,4-9H2,1-3H3/t10-,11+/m1/s1. The number of aliphatic hydroxyl groups is 1. The Labute approximate surface area is 82.7 Å². The van der Waals surface area contributed by atoms with Gasteiger partial charge in [0.05, 0.1) is 6.10 Å². The Morgan fingerprint density at radius 2 is 1.85 bits per heavy atom. The molecule has 0 saturated heterocycles. The third-order valence-corrected chi connectivity index (χ3v) is 2.30. The minimum atomic E-state index is -0.171. The van der Waals surface area contributed by atoms with Crippen LogP contribution in [0.2, 0.25) is 0 Å². The predicted octanol–water partition coefficient (Wildman–Crippen LogP) is 2.32. The van der Waals surface area contributed by atoms with Gasteiger partial charge in [-0.15, -0.1) is 0 Å². The second kappa shape index (κ2) is 8.52. The molecule has 0 bridgehead atoms. The molecule has 0 amide bonds. The lowest BCUT2D eigenvalue weighted by Gasteiger charge is -2.13. The summed E-state index contributed by atoms with van der Waals surface area (Å²) in [6.45, 7) is 7.22. The Morgan fingerprint density at radius 3 is 2.38 bits per heavy atom. The first-order valence-corrected chi connectivity index (χ1v) is 5.58. The Hall–Kier alpha value is -0.0800. The van der Waals surface area contributed by atoms with E-state index < -0.39 is 0 Å². The topological polar surface area (TPSA) is 32.3 Å². The van der Waals surface area contributed by atoms with Crippen LogP contribution in [0.25, 0.3) is 0 Å². The largest absolute Gasteiger partial charge is 0.393 e.